The van der Waals surface area contributed by atoms with Crippen LogP contribution in [0.3, 0.4) is 0 Å². The van der Waals surface area contributed by atoms with Crippen LogP contribution in [0.2, 0.25) is 0 Å². The molecule has 3 rings (SSSR count). The van der Waals surface area contributed by atoms with Crippen LogP contribution in [0.1, 0.15) is 30.1 Å². The zero-order valence-corrected chi connectivity index (χ0v) is 12.0. The first kappa shape index (κ1) is 13.2. The lowest BCUT2D eigenvalue weighted by molar-refractivity contribution is 0.0474. The summed E-state index contributed by atoms with van der Waals surface area (Å²) in [7, 11) is 1.95. The van der Waals surface area contributed by atoms with Crippen molar-refractivity contribution in [3.05, 3.63) is 36.0 Å². The maximum atomic E-state index is 12.9. The smallest absolute Gasteiger partial charge is 0.256 e. The number of fused-ring (bicyclic) bond motifs is 1. The van der Waals surface area contributed by atoms with Crippen LogP contribution in [-0.2, 0) is 7.05 Å². The minimum atomic E-state index is -0.423. The molecular weight excluding hydrogens is 252 g/mol. The van der Waals surface area contributed by atoms with Crippen LogP contribution in [0.15, 0.2) is 30.5 Å². The van der Waals surface area contributed by atoms with Crippen molar-refractivity contribution in [1.82, 2.24) is 9.47 Å². The summed E-state index contributed by atoms with van der Waals surface area (Å²) < 4.78 is 1.98. The summed E-state index contributed by atoms with van der Waals surface area (Å²) in [6.45, 7) is 2.70. The lowest BCUT2D eigenvalue weighted by Gasteiger charge is -2.33. The van der Waals surface area contributed by atoms with Crippen LogP contribution < -0.4 is 0 Å². The highest BCUT2D eigenvalue weighted by Crippen LogP contribution is 2.32. The Labute approximate surface area is 118 Å². The normalized spacial score (nSPS) is 22.6. The summed E-state index contributed by atoms with van der Waals surface area (Å²) in [4.78, 5) is 14.7. The number of hydrogen-bond acceptors (Lipinski definition) is 2. The number of carbonyl (C=O) groups excluding carboxylic acids is 1. The molecule has 2 heterocycles. The zero-order chi connectivity index (χ0) is 14.3. The molecule has 1 aromatic heterocycles. The molecule has 1 N–H and O–H groups in total. The third-order valence-electron chi connectivity index (χ3n) is 4.46. The molecule has 0 unspecified atom stereocenters. The number of hydrogen-bond donors (Lipinski definition) is 1. The molecule has 0 radical (unpaired) electrons. The molecule has 0 saturated carbocycles. The number of aliphatic hydroxyl groups is 1. The molecule has 0 spiro atoms. The lowest BCUT2D eigenvalue weighted by atomic mass is 9.99. The Hall–Kier alpha value is -1.81. The number of rotatable bonds is 2. The zero-order valence-electron chi connectivity index (χ0n) is 12.0. The van der Waals surface area contributed by atoms with Crippen molar-refractivity contribution in [1.29, 1.82) is 0 Å². The summed E-state index contributed by atoms with van der Waals surface area (Å²) in [6.07, 6.45) is 3.71. The Morgan fingerprint density at radius 3 is 2.90 bits per heavy atom. The van der Waals surface area contributed by atoms with E-state index < -0.39 is 5.54 Å². The highest BCUT2D eigenvalue weighted by Gasteiger charge is 2.39. The van der Waals surface area contributed by atoms with Gasteiger partial charge in [0, 0.05) is 30.7 Å². The van der Waals surface area contributed by atoms with E-state index in [0.29, 0.717) is 0 Å². The van der Waals surface area contributed by atoms with E-state index in [0.717, 1.165) is 35.9 Å². The largest absolute Gasteiger partial charge is 0.394 e. The van der Waals surface area contributed by atoms with Gasteiger partial charge in [0.2, 0.25) is 0 Å². The molecule has 1 aromatic carbocycles. The third kappa shape index (κ3) is 1.83. The molecular formula is C16H20N2O2. The number of para-hydroxylation sites is 1. The Morgan fingerprint density at radius 1 is 1.40 bits per heavy atom. The van der Waals surface area contributed by atoms with Crippen molar-refractivity contribution in [2.24, 2.45) is 7.05 Å². The first-order valence-corrected chi connectivity index (χ1v) is 7.04. The summed E-state index contributed by atoms with van der Waals surface area (Å²) in [5, 5.41) is 10.6. The van der Waals surface area contributed by atoms with Crippen LogP contribution in [-0.4, -0.2) is 39.2 Å². The van der Waals surface area contributed by atoms with E-state index >= 15 is 0 Å². The molecule has 1 atom stereocenters. The van der Waals surface area contributed by atoms with Gasteiger partial charge in [-0.15, -0.1) is 0 Å². The second-order valence-corrected chi connectivity index (χ2v) is 5.89. The average molecular weight is 272 g/mol. The summed E-state index contributed by atoms with van der Waals surface area (Å²) in [5.41, 5.74) is 1.36. The van der Waals surface area contributed by atoms with Crippen molar-refractivity contribution in [3.63, 3.8) is 0 Å². The Bertz CT molecular complexity index is 662. The second-order valence-electron chi connectivity index (χ2n) is 5.89. The topological polar surface area (TPSA) is 45.5 Å². The molecule has 1 amide bonds. The average Bonchev–Trinajstić information content (AvgIpc) is 3.01. The SMILES string of the molecule is Cn1cc(C(=O)N2CCC[C@]2(C)CO)c2ccccc21. The molecule has 106 valence electrons. The fourth-order valence-corrected chi connectivity index (χ4v) is 3.19. The van der Waals surface area contributed by atoms with E-state index in [1.807, 2.05) is 53.9 Å². The number of benzene rings is 1. The van der Waals surface area contributed by atoms with Gasteiger partial charge >= 0.3 is 0 Å². The quantitative estimate of drug-likeness (QED) is 0.910. The first-order chi connectivity index (χ1) is 9.57. The predicted molar refractivity (Wildman–Crippen MR) is 78.7 cm³/mol. The first-order valence-electron chi connectivity index (χ1n) is 7.04. The van der Waals surface area contributed by atoms with Gasteiger partial charge in [-0.05, 0) is 25.8 Å². The van der Waals surface area contributed by atoms with E-state index in [1.165, 1.54) is 0 Å². The second kappa shape index (κ2) is 4.63. The van der Waals surface area contributed by atoms with Gasteiger partial charge < -0.3 is 14.6 Å². The standard InChI is InChI=1S/C16H20N2O2/c1-16(11-19)8-5-9-18(16)15(20)13-10-17(2)14-7-4-3-6-12(13)14/h3-4,6-7,10,19H,5,8-9,11H2,1-2H3/t16-/m1/s1. The Kier molecular flexibility index (Phi) is 3.05. The van der Waals surface area contributed by atoms with Crippen molar-refractivity contribution < 1.29 is 9.90 Å². The molecule has 0 bridgehead atoms. The summed E-state index contributed by atoms with van der Waals surface area (Å²) in [5.74, 6) is 0.0239. The van der Waals surface area contributed by atoms with E-state index in [-0.39, 0.29) is 12.5 Å². The number of amides is 1. The van der Waals surface area contributed by atoms with Crippen molar-refractivity contribution in [3.8, 4) is 0 Å². The minimum absolute atomic E-state index is 0.0174. The fourth-order valence-electron chi connectivity index (χ4n) is 3.19. The molecule has 1 aliphatic rings. The number of aryl methyl sites for hydroxylation is 1. The molecule has 0 aliphatic carbocycles. The Balaban J connectivity index is 2.05. The van der Waals surface area contributed by atoms with Crippen LogP contribution in [0, 0.1) is 0 Å². The minimum Gasteiger partial charge on any atom is -0.394 e. The van der Waals surface area contributed by atoms with Gasteiger partial charge in [-0.1, -0.05) is 18.2 Å². The molecule has 4 nitrogen and oxygen atoms in total. The van der Waals surface area contributed by atoms with E-state index in [4.69, 9.17) is 0 Å². The van der Waals surface area contributed by atoms with E-state index in [9.17, 15) is 9.90 Å². The van der Waals surface area contributed by atoms with Crippen molar-refractivity contribution >= 4 is 16.8 Å². The van der Waals surface area contributed by atoms with E-state index in [1.54, 1.807) is 0 Å². The third-order valence-corrected chi connectivity index (χ3v) is 4.46. The van der Waals surface area contributed by atoms with Crippen LogP contribution in [0.5, 0.6) is 0 Å². The maximum Gasteiger partial charge on any atom is 0.256 e. The lowest BCUT2D eigenvalue weighted by Crippen LogP contribution is -2.47. The van der Waals surface area contributed by atoms with Gasteiger partial charge in [0.1, 0.15) is 0 Å². The highest BCUT2D eigenvalue weighted by atomic mass is 16.3. The van der Waals surface area contributed by atoms with Crippen molar-refractivity contribution in [2.75, 3.05) is 13.2 Å². The van der Waals surface area contributed by atoms with Gasteiger partial charge in [0.25, 0.3) is 5.91 Å². The highest BCUT2D eigenvalue weighted by molar-refractivity contribution is 6.07. The molecule has 4 heteroatoms. The Morgan fingerprint density at radius 2 is 2.15 bits per heavy atom. The molecule has 2 aromatic rings. The van der Waals surface area contributed by atoms with Crippen LogP contribution in [0.25, 0.3) is 10.9 Å². The molecule has 1 aliphatic heterocycles. The van der Waals surface area contributed by atoms with E-state index in [2.05, 4.69) is 0 Å². The maximum absolute atomic E-state index is 12.9. The fraction of sp³-hybridized carbons (Fsp3) is 0.438. The van der Waals surface area contributed by atoms with Gasteiger partial charge in [-0.3, -0.25) is 4.79 Å². The number of nitrogens with zero attached hydrogens (tertiary/aromatic N) is 2. The summed E-state index contributed by atoms with van der Waals surface area (Å²) >= 11 is 0. The van der Waals surface area contributed by atoms with Gasteiger partial charge in [0.15, 0.2) is 0 Å². The number of aromatic nitrogens is 1. The number of aliphatic hydroxyl groups excluding tert-OH is 1. The molecule has 20 heavy (non-hydrogen) atoms. The monoisotopic (exact) mass is 272 g/mol. The van der Waals surface area contributed by atoms with Gasteiger partial charge in [0.05, 0.1) is 17.7 Å². The van der Waals surface area contributed by atoms with Gasteiger partial charge in [-0.2, -0.15) is 0 Å². The van der Waals surface area contributed by atoms with Crippen LogP contribution in [0.4, 0.5) is 0 Å². The number of carbonyl (C=O) groups is 1. The van der Waals surface area contributed by atoms with Gasteiger partial charge in [-0.25, -0.2) is 0 Å². The van der Waals surface area contributed by atoms with Crippen LogP contribution >= 0.6 is 0 Å². The molecule has 1 saturated heterocycles. The van der Waals surface area contributed by atoms with Crippen molar-refractivity contribution in [2.45, 2.75) is 25.3 Å². The molecule has 1 fully saturated rings. The summed E-state index contributed by atoms with van der Waals surface area (Å²) in [6, 6.07) is 7.93. The predicted octanol–water partition coefficient (Wildman–Crippen LogP) is 2.17. The number of likely N-dealkylation sites (tertiary alicyclic amines) is 1.